The first-order valence-electron chi connectivity index (χ1n) is 6.77. The van der Waals surface area contributed by atoms with E-state index in [0.717, 1.165) is 30.6 Å². The predicted molar refractivity (Wildman–Crippen MR) is 78.6 cm³/mol. The summed E-state index contributed by atoms with van der Waals surface area (Å²) in [4.78, 5) is 0. The largest absolute Gasteiger partial charge is 0.313 e. The van der Waals surface area contributed by atoms with Crippen molar-refractivity contribution in [1.82, 2.24) is 5.32 Å². The molecule has 0 saturated heterocycles. The van der Waals surface area contributed by atoms with Crippen LogP contribution in [0.4, 0.5) is 4.39 Å². The van der Waals surface area contributed by atoms with E-state index in [4.69, 9.17) is 0 Å². The molecule has 0 saturated carbocycles. The average Bonchev–Trinajstić information content (AvgIpc) is 2.43. The van der Waals surface area contributed by atoms with Gasteiger partial charge in [-0.15, -0.1) is 0 Å². The van der Waals surface area contributed by atoms with Crippen LogP contribution in [0.15, 0.2) is 42.5 Å². The highest BCUT2D eigenvalue weighted by Crippen LogP contribution is 2.22. The lowest BCUT2D eigenvalue weighted by Gasteiger charge is -2.07. The van der Waals surface area contributed by atoms with Crippen LogP contribution in [0.25, 0.3) is 11.1 Å². The molecule has 0 spiro atoms. The molecule has 0 atom stereocenters. The lowest BCUT2D eigenvalue weighted by molar-refractivity contribution is 0.619. The fraction of sp³-hybridized carbons (Fsp3) is 0.294. The molecule has 0 aliphatic carbocycles. The quantitative estimate of drug-likeness (QED) is 0.787. The minimum atomic E-state index is -0.146. The Morgan fingerprint density at radius 1 is 1.05 bits per heavy atom. The number of benzene rings is 2. The molecule has 2 rings (SSSR count). The molecule has 0 amide bonds. The van der Waals surface area contributed by atoms with Crippen LogP contribution < -0.4 is 5.32 Å². The van der Waals surface area contributed by atoms with Gasteiger partial charge in [0, 0.05) is 6.54 Å². The molecule has 2 heteroatoms. The van der Waals surface area contributed by atoms with Crippen molar-refractivity contribution in [3.63, 3.8) is 0 Å². The third-order valence-corrected chi connectivity index (χ3v) is 3.19. The molecule has 100 valence electrons. The van der Waals surface area contributed by atoms with E-state index in [9.17, 15) is 4.39 Å². The number of rotatable bonds is 5. The molecule has 2 aromatic carbocycles. The summed E-state index contributed by atoms with van der Waals surface area (Å²) in [5, 5.41) is 3.38. The Bertz CT molecular complexity index is 549. The van der Waals surface area contributed by atoms with Gasteiger partial charge in [-0.05, 0) is 54.3 Å². The maximum Gasteiger partial charge on any atom is 0.126 e. The van der Waals surface area contributed by atoms with E-state index in [2.05, 4.69) is 24.4 Å². The summed E-state index contributed by atoms with van der Waals surface area (Å²) in [6.45, 7) is 5.81. The molecule has 2 aromatic rings. The normalized spacial score (nSPS) is 10.7. The summed E-state index contributed by atoms with van der Waals surface area (Å²) in [5.41, 5.74) is 3.91. The van der Waals surface area contributed by atoms with Crippen molar-refractivity contribution in [3.05, 3.63) is 59.4 Å². The van der Waals surface area contributed by atoms with E-state index in [1.54, 1.807) is 13.0 Å². The van der Waals surface area contributed by atoms with Crippen LogP contribution in [0, 0.1) is 12.7 Å². The third-order valence-electron chi connectivity index (χ3n) is 3.19. The molecule has 1 N–H and O–H groups in total. The standard InChI is InChI=1S/C17H20FN/c1-3-9-19-12-14-5-4-6-15(10-14)16-8-7-13(2)17(18)11-16/h4-8,10-11,19H,3,9,12H2,1-2H3. The van der Waals surface area contributed by atoms with E-state index >= 15 is 0 Å². The van der Waals surface area contributed by atoms with E-state index < -0.39 is 0 Å². The lowest BCUT2D eigenvalue weighted by atomic mass is 10.0. The first-order chi connectivity index (χ1) is 9.20. The summed E-state index contributed by atoms with van der Waals surface area (Å²) in [6, 6.07) is 13.7. The molecular weight excluding hydrogens is 237 g/mol. The molecule has 0 fully saturated rings. The Hall–Kier alpha value is -1.67. The molecule has 1 nitrogen and oxygen atoms in total. The predicted octanol–water partition coefficient (Wildman–Crippen LogP) is 4.30. The second kappa shape index (κ2) is 6.48. The van der Waals surface area contributed by atoms with Gasteiger partial charge in [0.15, 0.2) is 0 Å². The fourth-order valence-corrected chi connectivity index (χ4v) is 2.04. The summed E-state index contributed by atoms with van der Waals surface area (Å²) in [6.07, 6.45) is 1.13. The topological polar surface area (TPSA) is 12.0 Å². The molecule has 0 unspecified atom stereocenters. The monoisotopic (exact) mass is 257 g/mol. The van der Waals surface area contributed by atoms with Gasteiger partial charge in [0.05, 0.1) is 0 Å². The Kier molecular flexibility index (Phi) is 4.69. The number of hydrogen-bond acceptors (Lipinski definition) is 1. The lowest BCUT2D eigenvalue weighted by Crippen LogP contribution is -2.13. The molecule has 0 radical (unpaired) electrons. The van der Waals surface area contributed by atoms with Gasteiger partial charge >= 0.3 is 0 Å². The maximum atomic E-state index is 13.6. The van der Waals surface area contributed by atoms with Gasteiger partial charge in [-0.1, -0.05) is 37.3 Å². The van der Waals surface area contributed by atoms with Gasteiger partial charge < -0.3 is 5.32 Å². The van der Waals surface area contributed by atoms with Crippen LogP contribution in [0.1, 0.15) is 24.5 Å². The Morgan fingerprint density at radius 3 is 2.58 bits per heavy atom. The molecule has 0 bridgehead atoms. The van der Waals surface area contributed by atoms with Gasteiger partial charge in [0.2, 0.25) is 0 Å². The number of nitrogens with one attached hydrogen (secondary N) is 1. The van der Waals surface area contributed by atoms with Gasteiger partial charge in [-0.25, -0.2) is 4.39 Å². The van der Waals surface area contributed by atoms with Gasteiger partial charge in [-0.3, -0.25) is 0 Å². The van der Waals surface area contributed by atoms with Crippen LogP contribution >= 0.6 is 0 Å². The van der Waals surface area contributed by atoms with Crippen LogP contribution in [0.2, 0.25) is 0 Å². The summed E-state index contributed by atoms with van der Waals surface area (Å²) in [5.74, 6) is -0.146. The maximum absolute atomic E-state index is 13.6. The van der Waals surface area contributed by atoms with Crippen molar-refractivity contribution in [2.24, 2.45) is 0 Å². The molecule has 0 aliphatic rings. The van der Waals surface area contributed by atoms with Gasteiger partial charge in [0.1, 0.15) is 5.82 Å². The fourth-order valence-electron chi connectivity index (χ4n) is 2.04. The van der Waals surface area contributed by atoms with Crippen LogP contribution in [0.5, 0.6) is 0 Å². The number of hydrogen-bond donors (Lipinski definition) is 1. The highest BCUT2D eigenvalue weighted by atomic mass is 19.1. The van der Waals surface area contributed by atoms with E-state index in [0.29, 0.717) is 5.56 Å². The summed E-state index contributed by atoms with van der Waals surface area (Å²) < 4.78 is 13.6. The van der Waals surface area contributed by atoms with Gasteiger partial charge in [0.25, 0.3) is 0 Å². The second-order valence-electron chi connectivity index (χ2n) is 4.84. The van der Waals surface area contributed by atoms with Crippen molar-refractivity contribution < 1.29 is 4.39 Å². The van der Waals surface area contributed by atoms with Crippen LogP contribution in [-0.2, 0) is 6.54 Å². The Balaban J connectivity index is 2.19. The number of aryl methyl sites for hydroxylation is 1. The first kappa shape index (κ1) is 13.8. The van der Waals surface area contributed by atoms with Crippen molar-refractivity contribution >= 4 is 0 Å². The zero-order chi connectivity index (χ0) is 13.7. The van der Waals surface area contributed by atoms with E-state index in [-0.39, 0.29) is 5.82 Å². The SMILES string of the molecule is CCCNCc1cccc(-c2ccc(C)c(F)c2)c1. The van der Waals surface area contributed by atoms with E-state index in [1.807, 2.05) is 24.3 Å². The third kappa shape index (κ3) is 3.65. The van der Waals surface area contributed by atoms with E-state index in [1.165, 1.54) is 5.56 Å². The minimum absolute atomic E-state index is 0.146. The molecule has 19 heavy (non-hydrogen) atoms. The van der Waals surface area contributed by atoms with Crippen molar-refractivity contribution in [3.8, 4) is 11.1 Å². The van der Waals surface area contributed by atoms with Crippen LogP contribution in [-0.4, -0.2) is 6.54 Å². The summed E-state index contributed by atoms with van der Waals surface area (Å²) >= 11 is 0. The molecule has 0 heterocycles. The Labute approximate surface area is 114 Å². The average molecular weight is 257 g/mol. The smallest absolute Gasteiger partial charge is 0.126 e. The second-order valence-corrected chi connectivity index (χ2v) is 4.84. The van der Waals surface area contributed by atoms with Gasteiger partial charge in [-0.2, -0.15) is 0 Å². The number of halogens is 1. The highest BCUT2D eigenvalue weighted by molar-refractivity contribution is 5.64. The first-order valence-corrected chi connectivity index (χ1v) is 6.77. The zero-order valence-electron chi connectivity index (χ0n) is 11.5. The van der Waals surface area contributed by atoms with Crippen LogP contribution in [0.3, 0.4) is 0 Å². The Morgan fingerprint density at radius 2 is 1.84 bits per heavy atom. The minimum Gasteiger partial charge on any atom is -0.313 e. The molecule has 0 aromatic heterocycles. The zero-order valence-corrected chi connectivity index (χ0v) is 11.5. The van der Waals surface area contributed by atoms with Crippen molar-refractivity contribution in [2.75, 3.05) is 6.54 Å². The molecular formula is C17H20FN. The van der Waals surface area contributed by atoms with Crippen molar-refractivity contribution in [2.45, 2.75) is 26.8 Å². The molecule has 0 aliphatic heterocycles. The summed E-state index contributed by atoms with van der Waals surface area (Å²) in [7, 11) is 0. The van der Waals surface area contributed by atoms with Crippen molar-refractivity contribution in [1.29, 1.82) is 0 Å². The highest BCUT2D eigenvalue weighted by Gasteiger charge is 2.03.